The average Bonchev–Trinajstić information content (AvgIpc) is 2.34. The minimum atomic E-state index is -2.79. The van der Waals surface area contributed by atoms with Crippen LogP contribution in [0.4, 0.5) is 0 Å². The van der Waals surface area contributed by atoms with Gasteiger partial charge in [0.2, 0.25) is 0 Å². The van der Waals surface area contributed by atoms with E-state index in [1.54, 1.807) is 12.1 Å². The normalized spacial score (nSPS) is 15.9. The zero-order chi connectivity index (χ0) is 14.3. The summed E-state index contributed by atoms with van der Waals surface area (Å²) in [5.41, 5.74) is 1.13. The lowest BCUT2D eigenvalue weighted by Crippen LogP contribution is -2.14. The molecule has 1 aromatic carbocycles. The molecule has 1 rings (SSSR count). The first kappa shape index (κ1) is 16.6. The molecule has 2 atom stereocenters. The predicted octanol–water partition coefficient (Wildman–Crippen LogP) is 4.39. The molecule has 0 fully saturated rings. The van der Waals surface area contributed by atoms with Gasteiger partial charge >= 0.3 is 0 Å². The first-order chi connectivity index (χ1) is 8.95. The zero-order valence-electron chi connectivity index (χ0n) is 12.1. The second kappa shape index (κ2) is 7.98. The van der Waals surface area contributed by atoms with E-state index in [9.17, 15) is 4.21 Å². The molecule has 0 aliphatic rings. The van der Waals surface area contributed by atoms with Gasteiger partial charge in [0, 0.05) is 11.2 Å². The van der Waals surface area contributed by atoms with Crippen molar-refractivity contribution >= 4 is 20.0 Å². The lowest BCUT2D eigenvalue weighted by Gasteiger charge is -2.15. The second-order valence-electron chi connectivity index (χ2n) is 5.02. The maximum absolute atomic E-state index is 12.4. The maximum atomic E-state index is 12.4. The van der Waals surface area contributed by atoms with Crippen molar-refractivity contribution in [3.63, 3.8) is 0 Å². The molecule has 108 valence electrons. The summed E-state index contributed by atoms with van der Waals surface area (Å²) in [6.45, 7) is 6.13. The van der Waals surface area contributed by atoms with E-state index >= 15 is 0 Å². The summed E-state index contributed by atoms with van der Waals surface area (Å²) < 4.78 is 18.0. The fraction of sp³-hybridized carbons (Fsp3) is 0.600. The number of aryl methyl sites for hydroxylation is 1. The molecule has 1 unspecified atom stereocenters. The van der Waals surface area contributed by atoms with Gasteiger partial charge in [-0.05, 0) is 32.4 Å². The third-order valence-corrected chi connectivity index (χ3v) is 5.31. The van der Waals surface area contributed by atoms with Crippen LogP contribution in [0.25, 0.3) is 0 Å². The van der Waals surface area contributed by atoms with Crippen molar-refractivity contribution in [1.29, 1.82) is 0 Å². The van der Waals surface area contributed by atoms with Crippen molar-refractivity contribution in [3.05, 3.63) is 29.8 Å². The van der Waals surface area contributed by atoms with Gasteiger partial charge in [0.25, 0.3) is 0 Å². The first-order valence-electron chi connectivity index (χ1n) is 6.95. The quantitative estimate of drug-likeness (QED) is 0.666. The maximum Gasteiger partial charge on any atom is 0.173 e. The van der Waals surface area contributed by atoms with Crippen LogP contribution in [0.2, 0.25) is 0 Å². The standard InChI is InChI=1S/C15H24O2S2/c1-4-5-6-7-8-14(3)17-19(16,18)15-11-9-13(2)10-12-15/h9-12,14H,4-8H2,1-3H3/t14-,19?/m1/s1. The molecule has 0 aromatic heterocycles. The van der Waals surface area contributed by atoms with Crippen molar-refractivity contribution in [2.45, 2.75) is 63.9 Å². The van der Waals surface area contributed by atoms with E-state index < -0.39 is 8.77 Å². The summed E-state index contributed by atoms with van der Waals surface area (Å²) in [5, 5.41) is 0. The first-order valence-corrected chi connectivity index (χ1v) is 9.36. The highest BCUT2D eigenvalue weighted by atomic mass is 32.8. The Morgan fingerprint density at radius 1 is 1.21 bits per heavy atom. The molecular formula is C15H24O2S2. The second-order valence-corrected chi connectivity index (χ2v) is 7.91. The van der Waals surface area contributed by atoms with Crippen LogP contribution in [-0.2, 0) is 24.1 Å². The zero-order valence-corrected chi connectivity index (χ0v) is 13.7. The fourth-order valence-electron chi connectivity index (χ4n) is 1.88. The molecule has 0 aliphatic heterocycles. The summed E-state index contributed by atoms with van der Waals surface area (Å²) in [6.07, 6.45) is 5.63. The minimum absolute atomic E-state index is 0.0526. The largest absolute Gasteiger partial charge is 0.283 e. The van der Waals surface area contributed by atoms with Crippen LogP contribution in [0.3, 0.4) is 0 Å². The van der Waals surface area contributed by atoms with Gasteiger partial charge in [0.15, 0.2) is 8.77 Å². The summed E-state index contributed by atoms with van der Waals surface area (Å²) in [7, 11) is -2.79. The van der Waals surface area contributed by atoms with Crippen LogP contribution < -0.4 is 0 Å². The van der Waals surface area contributed by atoms with Crippen LogP contribution in [0, 0.1) is 6.92 Å². The Labute approximate surface area is 122 Å². The predicted molar refractivity (Wildman–Crippen MR) is 84.3 cm³/mol. The molecule has 0 N–H and O–H groups in total. The summed E-state index contributed by atoms with van der Waals surface area (Å²) >= 11 is 5.14. The van der Waals surface area contributed by atoms with Gasteiger partial charge in [-0.25, -0.2) is 4.21 Å². The molecule has 1 aromatic rings. The fourth-order valence-corrected chi connectivity index (χ4v) is 3.73. The van der Waals surface area contributed by atoms with Crippen molar-refractivity contribution in [2.24, 2.45) is 0 Å². The van der Waals surface area contributed by atoms with E-state index in [1.165, 1.54) is 19.3 Å². The average molecular weight is 300 g/mol. The highest BCUT2D eigenvalue weighted by Gasteiger charge is 2.14. The molecule has 0 radical (unpaired) electrons. The number of unbranched alkanes of at least 4 members (excludes halogenated alkanes) is 3. The smallest absolute Gasteiger partial charge is 0.173 e. The van der Waals surface area contributed by atoms with Gasteiger partial charge in [-0.15, -0.1) is 0 Å². The highest BCUT2D eigenvalue weighted by molar-refractivity contribution is 8.30. The van der Waals surface area contributed by atoms with Crippen LogP contribution in [0.1, 0.15) is 51.5 Å². The van der Waals surface area contributed by atoms with Crippen LogP contribution in [0.5, 0.6) is 0 Å². The van der Waals surface area contributed by atoms with Gasteiger partial charge < -0.3 is 0 Å². The number of hydrogen-bond acceptors (Lipinski definition) is 3. The third-order valence-electron chi connectivity index (χ3n) is 3.06. The van der Waals surface area contributed by atoms with Crippen molar-refractivity contribution in [3.8, 4) is 0 Å². The monoisotopic (exact) mass is 300 g/mol. The van der Waals surface area contributed by atoms with E-state index in [-0.39, 0.29) is 6.10 Å². The van der Waals surface area contributed by atoms with Crippen LogP contribution >= 0.6 is 0 Å². The lowest BCUT2D eigenvalue weighted by atomic mass is 10.1. The van der Waals surface area contributed by atoms with Crippen LogP contribution in [0.15, 0.2) is 29.2 Å². The minimum Gasteiger partial charge on any atom is -0.283 e. The molecule has 0 spiro atoms. The van der Waals surface area contributed by atoms with Crippen LogP contribution in [-0.4, -0.2) is 10.3 Å². The van der Waals surface area contributed by atoms with Crippen molar-refractivity contribution < 1.29 is 8.39 Å². The van der Waals surface area contributed by atoms with Gasteiger partial charge in [0.05, 0.1) is 11.0 Å². The molecule has 2 nitrogen and oxygen atoms in total. The number of benzene rings is 1. The highest BCUT2D eigenvalue weighted by Crippen LogP contribution is 2.18. The molecule has 0 saturated carbocycles. The SMILES string of the molecule is CCCCCC[C@@H](C)OS(=O)(=S)c1ccc(C)cc1. The third kappa shape index (κ3) is 6.02. The van der Waals surface area contributed by atoms with Gasteiger partial charge in [-0.1, -0.05) is 50.3 Å². The summed E-state index contributed by atoms with van der Waals surface area (Å²) in [4.78, 5) is 0.605. The molecule has 0 amide bonds. The van der Waals surface area contributed by atoms with Crippen molar-refractivity contribution in [1.82, 2.24) is 0 Å². The van der Waals surface area contributed by atoms with E-state index in [1.807, 2.05) is 26.0 Å². The van der Waals surface area contributed by atoms with E-state index in [2.05, 4.69) is 6.92 Å². The Hall–Kier alpha value is -0.450. The molecule has 4 heteroatoms. The van der Waals surface area contributed by atoms with E-state index in [0.717, 1.165) is 18.4 Å². The molecular weight excluding hydrogens is 276 g/mol. The number of hydrogen-bond donors (Lipinski definition) is 0. The van der Waals surface area contributed by atoms with Gasteiger partial charge in [0.1, 0.15) is 0 Å². The molecule has 0 aliphatic carbocycles. The Bertz CT molecular complexity index is 463. The summed E-state index contributed by atoms with van der Waals surface area (Å²) in [5.74, 6) is 0. The molecule has 0 saturated heterocycles. The van der Waals surface area contributed by atoms with E-state index in [0.29, 0.717) is 4.90 Å². The topological polar surface area (TPSA) is 26.3 Å². The molecule has 0 heterocycles. The van der Waals surface area contributed by atoms with Crippen molar-refractivity contribution in [2.75, 3.05) is 0 Å². The Morgan fingerprint density at radius 3 is 2.42 bits per heavy atom. The van der Waals surface area contributed by atoms with Gasteiger partial charge in [-0.3, -0.25) is 4.18 Å². The molecule has 0 bridgehead atoms. The summed E-state index contributed by atoms with van der Waals surface area (Å²) in [6, 6.07) is 7.43. The number of rotatable bonds is 8. The Balaban J connectivity index is 2.52. The Kier molecular flexibility index (Phi) is 6.97. The lowest BCUT2D eigenvalue weighted by molar-refractivity contribution is 0.229. The van der Waals surface area contributed by atoms with E-state index in [4.69, 9.17) is 15.4 Å². The molecule has 19 heavy (non-hydrogen) atoms. The van der Waals surface area contributed by atoms with Gasteiger partial charge in [-0.2, -0.15) is 0 Å². The Morgan fingerprint density at radius 2 is 1.84 bits per heavy atom.